The fourth-order valence-corrected chi connectivity index (χ4v) is 3.89. The number of benzene rings is 3. The van der Waals surface area contributed by atoms with Gasteiger partial charge in [-0.15, -0.1) is 0 Å². The first-order valence-electron chi connectivity index (χ1n) is 9.47. The number of methoxy groups -OCH3 is 1. The standard InChI is InChI=1S/C24H18ClF2NO3/c1-31-18-9-2-14(3-10-18)13-28-22(16-6-11-20(27)19(25)12-16)21(23(29)24(28)30)15-4-7-17(26)8-5-15/h2-12,22,29H,13H2,1H3. The molecule has 1 N–H and O–H groups in total. The van der Waals surface area contributed by atoms with E-state index in [9.17, 15) is 18.7 Å². The Kier molecular flexibility index (Phi) is 5.65. The molecular formula is C24H18ClF2NO3. The summed E-state index contributed by atoms with van der Waals surface area (Å²) >= 11 is 6.00. The van der Waals surface area contributed by atoms with E-state index < -0.39 is 29.3 Å². The van der Waals surface area contributed by atoms with E-state index >= 15 is 0 Å². The quantitative estimate of drug-likeness (QED) is 0.554. The van der Waals surface area contributed by atoms with E-state index in [1.165, 1.54) is 47.4 Å². The minimum Gasteiger partial charge on any atom is -0.503 e. The highest BCUT2D eigenvalue weighted by Gasteiger charge is 2.41. The summed E-state index contributed by atoms with van der Waals surface area (Å²) in [5.41, 5.74) is 2.12. The highest BCUT2D eigenvalue weighted by Crippen LogP contribution is 2.44. The van der Waals surface area contributed by atoms with Crippen LogP contribution >= 0.6 is 11.6 Å². The molecule has 0 aromatic heterocycles. The van der Waals surface area contributed by atoms with Gasteiger partial charge in [-0.1, -0.05) is 41.9 Å². The molecule has 0 fully saturated rings. The van der Waals surface area contributed by atoms with E-state index in [0.717, 1.165) is 5.56 Å². The first-order valence-corrected chi connectivity index (χ1v) is 9.84. The van der Waals surface area contributed by atoms with Gasteiger partial charge >= 0.3 is 0 Å². The van der Waals surface area contributed by atoms with Gasteiger partial charge in [-0.25, -0.2) is 8.78 Å². The molecule has 4 nitrogen and oxygen atoms in total. The van der Waals surface area contributed by atoms with E-state index in [1.54, 1.807) is 19.2 Å². The van der Waals surface area contributed by atoms with Gasteiger partial charge in [0.05, 0.1) is 18.2 Å². The van der Waals surface area contributed by atoms with Crippen LogP contribution in [0.15, 0.2) is 72.5 Å². The summed E-state index contributed by atoms with van der Waals surface area (Å²) in [6.07, 6.45) is 0. The lowest BCUT2D eigenvalue weighted by atomic mass is 9.93. The second-order valence-electron chi connectivity index (χ2n) is 7.13. The normalized spacial score (nSPS) is 16.2. The van der Waals surface area contributed by atoms with Gasteiger partial charge in [-0.2, -0.15) is 0 Å². The van der Waals surface area contributed by atoms with E-state index in [-0.39, 0.29) is 11.6 Å². The maximum Gasteiger partial charge on any atom is 0.290 e. The number of aliphatic hydroxyl groups excluding tert-OH is 1. The molecule has 1 aliphatic rings. The third kappa shape index (κ3) is 3.99. The largest absolute Gasteiger partial charge is 0.503 e. The molecule has 3 aromatic rings. The third-order valence-electron chi connectivity index (χ3n) is 5.23. The van der Waals surface area contributed by atoms with Crippen molar-refractivity contribution in [2.75, 3.05) is 7.11 Å². The molecule has 4 rings (SSSR count). The van der Waals surface area contributed by atoms with Gasteiger partial charge in [0, 0.05) is 12.1 Å². The van der Waals surface area contributed by atoms with E-state index in [4.69, 9.17) is 16.3 Å². The smallest absolute Gasteiger partial charge is 0.290 e. The summed E-state index contributed by atoms with van der Waals surface area (Å²) in [6, 6.07) is 16.1. The third-order valence-corrected chi connectivity index (χ3v) is 5.52. The Morgan fingerprint density at radius 1 is 1.03 bits per heavy atom. The van der Waals surface area contributed by atoms with Crippen LogP contribution in [0.5, 0.6) is 5.75 Å². The first kappa shape index (κ1) is 20.9. The van der Waals surface area contributed by atoms with Crippen molar-refractivity contribution in [2.45, 2.75) is 12.6 Å². The van der Waals surface area contributed by atoms with Crippen molar-refractivity contribution < 1.29 is 23.4 Å². The molecule has 1 atom stereocenters. The van der Waals surface area contributed by atoms with Crippen molar-refractivity contribution in [3.05, 3.63) is 106 Å². The van der Waals surface area contributed by atoms with Gasteiger partial charge in [0.15, 0.2) is 5.76 Å². The number of hydrogen-bond acceptors (Lipinski definition) is 3. The number of carbonyl (C=O) groups excluding carboxylic acids is 1. The topological polar surface area (TPSA) is 49.8 Å². The number of aliphatic hydroxyl groups is 1. The molecule has 0 saturated heterocycles. The molecular weight excluding hydrogens is 424 g/mol. The van der Waals surface area contributed by atoms with Gasteiger partial charge in [0.2, 0.25) is 0 Å². The number of ether oxygens (including phenoxy) is 1. The maximum atomic E-state index is 13.8. The fraction of sp³-hybridized carbons (Fsp3) is 0.125. The summed E-state index contributed by atoms with van der Waals surface area (Å²) in [4.78, 5) is 14.5. The molecule has 7 heteroatoms. The molecule has 1 aliphatic heterocycles. The Bertz CT molecular complexity index is 1160. The SMILES string of the molecule is COc1ccc(CN2C(=O)C(O)=C(c3ccc(F)cc3)C2c2ccc(F)c(Cl)c2)cc1. The Labute approximate surface area is 183 Å². The number of halogens is 3. The average molecular weight is 442 g/mol. The molecule has 0 bridgehead atoms. The second kappa shape index (κ2) is 8.40. The van der Waals surface area contributed by atoms with Crippen LogP contribution in [0.4, 0.5) is 8.78 Å². The lowest BCUT2D eigenvalue weighted by molar-refractivity contribution is -0.130. The van der Waals surface area contributed by atoms with E-state index in [0.29, 0.717) is 22.4 Å². The zero-order chi connectivity index (χ0) is 22.1. The number of nitrogens with zero attached hydrogens (tertiary/aromatic N) is 1. The Morgan fingerprint density at radius 3 is 2.32 bits per heavy atom. The molecule has 3 aromatic carbocycles. The van der Waals surface area contributed by atoms with Crippen LogP contribution in [0.3, 0.4) is 0 Å². The lowest BCUT2D eigenvalue weighted by Gasteiger charge is -2.28. The molecule has 1 heterocycles. The van der Waals surface area contributed by atoms with E-state index in [2.05, 4.69) is 0 Å². The lowest BCUT2D eigenvalue weighted by Crippen LogP contribution is -2.29. The number of rotatable bonds is 5. The van der Waals surface area contributed by atoms with Gasteiger partial charge in [-0.3, -0.25) is 4.79 Å². The Morgan fingerprint density at radius 2 is 1.71 bits per heavy atom. The number of carbonyl (C=O) groups is 1. The zero-order valence-corrected chi connectivity index (χ0v) is 17.2. The Hall–Kier alpha value is -3.38. The van der Waals surface area contributed by atoms with Crippen LogP contribution in [-0.4, -0.2) is 23.0 Å². The minimum atomic E-state index is -0.738. The molecule has 1 amide bonds. The van der Waals surface area contributed by atoms with Crippen LogP contribution in [0.25, 0.3) is 5.57 Å². The number of amides is 1. The van der Waals surface area contributed by atoms with Crippen molar-refractivity contribution in [1.29, 1.82) is 0 Å². The summed E-state index contributed by atoms with van der Waals surface area (Å²) in [6.45, 7) is 0.178. The average Bonchev–Trinajstić information content (AvgIpc) is 3.02. The summed E-state index contributed by atoms with van der Waals surface area (Å²) in [5, 5.41) is 10.6. The maximum absolute atomic E-state index is 13.8. The predicted molar refractivity (Wildman–Crippen MR) is 114 cm³/mol. The van der Waals surface area contributed by atoms with Crippen LogP contribution in [-0.2, 0) is 11.3 Å². The summed E-state index contributed by atoms with van der Waals surface area (Å²) in [5.74, 6) is -1.38. The van der Waals surface area contributed by atoms with Crippen molar-refractivity contribution in [1.82, 2.24) is 4.90 Å². The minimum absolute atomic E-state index is 0.0980. The first-order chi connectivity index (χ1) is 14.9. The van der Waals surface area contributed by atoms with Gasteiger partial charge < -0.3 is 14.7 Å². The van der Waals surface area contributed by atoms with E-state index in [1.807, 2.05) is 12.1 Å². The van der Waals surface area contributed by atoms with Crippen molar-refractivity contribution in [2.24, 2.45) is 0 Å². The van der Waals surface area contributed by atoms with Crippen molar-refractivity contribution in [3.8, 4) is 5.75 Å². The fourth-order valence-electron chi connectivity index (χ4n) is 3.70. The van der Waals surface area contributed by atoms with Gasteiger partial charge in [-0.05, 0) is 53.1 Å². The highest BCUT2D eigenvalue weighted by atomic mass is 35.5. The van der Waals surface area contributed by atoms with Crippen molar-refractivity contribution in [3.63, 3.8) is 0 Å². The molecule has 0 spiro atoms. The molecule has 1 unspecified atom stereocenters. The number of hydrogen-bond donors (Lipinski definition) is 1. The molecule has 0 saturated carbocycles. The molecule has 0 aliphatic carbocycles. The second-order valence-corrected chi connectivity index (χ2v) is 7.53. The predicted octanol–water partition coefficient (Wildman–Crippen LogP) is 5.68. The van der Waals surface area contributed by atoms with Crippen LogP contribution in [0.2, 0.25) is 5.02 Å². The monoisotopic (exact) mass is 441 g/mol. The van der Waals surface area contributed by atoms with Crippen LogP contribution < -0.4 is 4.74 Å². The Balaban J connectivity index is 1.80. The van der Waals surface area contributed by atoms with Crippen LogP contribution in [0, 0.1) is 11.6 Å². The molecule has 31 heavy (non-hydrogen) atoms. The molecule has 158 valence electrons. The summed E-state index contributed by atoms with van der Waals surface area (Å²) in [7, 11) is 1.56. The summed E-state index contributed by atoms with van der Waals surface area (Å²) < 4.78 is 32.4. The van der Waals surface area contributed by atoms with Crippen molar-refractivity contribution >= 4 is 23.1 Å². The van der Waals surface area contributed by atoms with Crippen LogP contribution in [0.1, 0.15) is 22.7 Å². The van der Waals surface area contributed by atoms with Gasteiger partial charge in [0.25, 0.3) is 5.91 Å². The van der Waals surface area contributed by atoms with Gasteiger partial charge in [0.1, 0.15) is 17.4 Å². The highest BCUT2D eigenvalue weighted by molar-refractivity contribution is 6.30. The zero-order valence-electron chi connectivity index (χ0n) is 16.5. The molecule has 0 radical (unpaired) electrons.